The number of halogens is 1. The van der Waals surface area contributed by atoms with E-state index in [1.807, 2.05) is 6.92 Å². The van der Waals surface area contributed by atoms with Crippen molar-refractivity contribution < 1.29 is 12.8 Å². The van der Waals surface area contributed by atoms with Crippen LogP contribution in [0.3, 0.4) is 0 Å². The summed E-state index contributed by atoms with van der Waals surface area (Å²) in [5.41, 5.74) is 5.55. The zero-order valence-corrected chi connectivity index (χ0v) is 12.3. The van der Waals surface area contributed by atoms with Gasteiger partial charge in [-0.15, -0.1) is 0 Å². The molecule has 0 radical (unpaired) electrons. The lowest BCUT2D eigenvalue weighted by Crippen LogP contribution is -2.29. The Kier molecular flexibility index (Phi) is 4.71. The molecule has 0 aliphatic heterocycles. The van der Waals surface area contributed by atoms with Crippen LogP contribution >= 0.6 is 0 Å². The summed E-state index contributed by atoms with van der Waals surface area (Å²) in [4.78, 5) is 6.91. The molecule has 1 unspecified atom stereocenters. The zero-order valence-electron chi connectivity index (χ0n) is 11.5. The van der Waals surface area contributed by atoms with E-state index in [1.165, 1.54) is 12.1 Å². The van der Waals surface area contributed by atoms with E-state index in [1.54, 1.807) is 12.4 Å². The van der Waals surface area contributed by atoms with E-state index >= 15 is 0 Å². The molecule has 0 amide bonds. The number of sulfonamides is 1. The van der Waals surface area contributed by atoms with Crippen molar-refractivity contribution >= 4 is 10.0 Å². The first-order valence-corrected chi connectivity index (χ1v) is 7.96. The molecule has 0 spiro atoms. The Labute approximate surface area is 122 Å². The van der Waals surface area contributed by atoms with Crippen LogP contribution in [0, 0.1) is 5.82 Å². The molecule has 1 atom stereocenters. The minimum absolute atomic E-state index is 0.0191. The third-order valence-electron chi connectivity index (χ3n) is 3.10. The molecule has 0 saturated heterocycles. The van der Waals surface area contributed by atoms with E-state index in [0.29, 0.717) is 12.2 Å². The van der Waals surface area contributed by atoms with Gasteiger partial charge in [-0.25, -0.2) is 22.5 Å². The normalized spacial score (nSPS) is 13.3. The van der Waals surface area contributed by atoms with Gasteiger partial charge in [-0.2, -0.15) is 0 Å². The van der Waals surface area contributed by atoms with Gasteiger partial charge in [-0.05, 0) is 24.6 Å². The Morgan fingerprint density at radius 1 is 1.48 bits per heavy atom. The van der Waals surface area contributed by atoms with Crippen molar-refractivity contribution in [2.24, 2.45) is 5.73 Å². The quantitative estimate of drug-likeness (QED) is 0.751. The highest BCUT2D eigenvalue weighted by atomic mass is 32.2. The Bertz CT molecular complexity index is 701. The predicted molar refractivity (Wildman–Crippen MR) is 76.2 cm³/mol. The molecule has 2 rings (SSSR count). The smallest absolute Gasteiger partial charge is 0.241 e. The van der Waals surface area contributed by atoms with Crippen LogP contribution in [-0.4, -0.2) is 18.4 Å². The van der Waals surface area contributed by atoms with Gasteiger partial charge in [0.2, 0.25) is 10.0 Å². The molecule has 1 aromatic heterocycles. The molecule has 2 aromatic rings. The Balaban J connectivity index is 2.29. The zero-order chi connectivity index (χ0) is 15.5. The van der Waals surface area contributed by atoms with E-state index in [4.69, 9.17) is 5.73 Å². The molecule has 0 saturated carbocycles. The summed E-state index contributed by atoms with van der Waals surface area (Å²) in [7, 11) is -3.78. The highest BCUT2D eigenvalue weighted by Gasteiger charge is 2.22. The number of aromatic nitrogens is 2. The molecule has 1 heterocycles. The fourth-order valence-electron chi connectivity index (χ4n) is 1.93. The van der Waals surface area contributed by atoms with Crippen LogP contribution < -0.4 is 10.5 Å². The molecular formula is C13H17FN4O2S. The first-order chi connectivity index (χ1) is 9.97. The molecule has 0 fully saturated rings. The molecule has 6 nitrogen and oxygen atoms in total. The predicted octanol–water partition coefficient (Wildman–Crippen LogP) is 1.44. The number of nitrogens with two attached hydrogens (primary N) is 1. The number of rotatable bonds is 6. The highest BCUT2D eigenvalue weighted by Crippen LogP contribution is 2.19. The van der Waals surface area contributed by atoms with Gasteiger partial charge in [0.25, 0.3) is 0 Å². The van der Waals surface area contributed by atoms with Gasteiger partial charge >= 0.3 is 0 Å². The van der Waals surface area contributed by atoms with Crippen molar-refractivity contribution in [1.29, 1.82) is 0 Å². The molecule has 0 aliphatic rings. The highest BCUT2D eigenvalue weighted by molar-refractivity contribution is 7.89. The van der Waals surface area contributed by atoms with Crippen molar-refractivity contribution in [2.45, 2.75) is 30.8 Å². The molecule has 114 valence electrons. The number of hydrogen-bond donors (Lipinski definition) is 3. The van der Waals surface area contributed by atoms with E-state index < -0.39 is 21.9 Å². The first-order valence-electron chi connectivity index (χ1n) is 6.48. The number of hydrogen-bond acceptors (Lipinski definition) is 4. The van der Waals surface area contributed by atoms with Crippen LogP contribution in [0.15, 0.2) is 35.5 Å². The molecule has 0 aliphatic carbocycles. The summed E-state index contributed by atoms with van der Waals surface area (Å²) < 4.78 is 40.7. The average Bonchev–Trinajstić information content (AvgIpc) is 2.99. The van der Waals surface area contributed by atoms with Gasteiger partial charge in [0.15, 0.2) is 0 Å². The van der Waals surface area contributed by atoms with E-state index in [-0.39, 0.29) is 17.0 Å². The van der Waals surface area contributed by atoms with Gasteiger partial charge in [-0.3, -0.25) is 0 Å². The number of H-pyrrole nitrogens is 1. The lowest BCUT2D eigenvalue weighted by Gasteiger charge is -2.15. The van der Waals surface area contributed by atoms with Crippen molar-refractivity contribution in [2.75, 3.05) is 0 Å². The van der Waals surface area contributed by atoms with E-state index in [9.17, 15) is 12.8 Å². The Hall–Kier alpha value is -1.77. The molecule has 1 aromatic carbocycles. The fourth-order valence-corrected chi connectivity index (χ4v) is 3.26. The molecular weight excluding hydrogens is 295 g/mol. The lowest BCUT2D eigenvalue weighted by molar-refractivity contribution is 0.538. The van der Waals surface area contributed by atoms with Crippen molar-refractivity contribution in [1.82, 2.24) is 14.7 Å². The Morgan fingerprint density at radius 2 is 2.24 bits per heavy atom. The van der Waals surface area contributed by atoms with E-state index in [2.05, 4.69) is 14.7 Å². The summed E-state index contributed by atoms with van der Waals surface area (Å²) in [6.07, 6.45) is 3.70. The summed E-state index contributed by atoms with van der Waals surface area (Å²) in [5.74, 6) is 0.0109. The van der Waals surface area contributed by atoms with Crippen LogP contribution in [-0.2, 0) is 16.6 Å². The number of nitrogens with one attached hydrogen (secondary N) is 2. The largest absolute Gasteiger partial charge is 0.347 e. The summed E-state index contributed by atoms with van der Waals surface area (Å²) >= 11 is 0. The van der Waals surface area contributed by atoms with Crippen molar-refractivity contribution in [3.63, 3.8) is 0 Å². The lowest BCUT2D eigenvalue weighted by atomic mass is 10.2. The molecule has 21 heavy (non-hydrogen) atoms. The third-order valence-corrected chi connectivity index (χ3v) is 4.57. The van der Waals surface area contributed by atoms with Crippen molar-refractivity contribution in [3.8, 4) is 0 Å². The minimum Gasteiger partial charge on any atom is -0.347 e. The monoisotopic (exact) mass is 312 g/mol. The van der Waals surface area contributed by atoms with Gasteiger partial charge in [-0.1, -0.05) is 6.92 Å². The Morgan fingerprint density at radius 3 is 2.81 bits per heavy atom. The molecule has 0 bridgehead atoms. The van der Waals surface area contributed by atoms with Crippen LogP contribution in [0.25, 0.3) is 0 Å². The summed E-state index contributed by atoms with van der Waals surface area (Å²) in [6.45, 7) is 1.77. The fraction of sp³-hybridized carbons (Fsp3) is 0.308. The third kappa shape index (κ3) is 3.46. The molecule has 8 heteroatoms. The van der Waals surface area contributed by atoms with Crippen LogP contribution in [0.5, 0.6) is 0 Å². The average molecular weight is 312 g/mol. The standard InChI is InChI=1S/C13H17FN4O2S/c1-2-12(13-16-5-6-17-13)18-21(19,20)10-3-4-11(14)9(7-10)8-15/h3-7,12,18H,2,8,15H2,1H3,(H,16,17). The number of nitrogens with zero attached hydrogens (tertiary/aromatic N) is 1. The van der Waals surface area contributed by atoms with Gasteiger partial charge in [0, 0.05) is 24.5 Å². The van der Waals surface area contributed by atoms with Crippen LogP contribution in [0.4, 0.5) is 4.39 Å². The van der Waals surface area contributed by atoms with Gasteiger partial charge in [0.1, 0.15) is 11.6 Å². The summed E-state index contributed by atoms with van der Waals surface area (Å²) in [6, 6.07) is 3.08. The number of aromatic amines is 1. The minimum atomic E-state index is -3.78. The maximum absolute atomic E-state index is 13.4. The SMILES string of the molecule is CCC(NS(=O)(=O)c1ccc(F)c(CN)c1)c1ncc[nH]1. The van der Waals surface area contributed by atoms with Gasteiger partial charge < -0.3 is 10.7 Å². The summed E-state index contributed by atoms with van der Waals surface area (Å²) in [5, 5.41) is 0. The maximum Gasteiger partial charge on any atom is 0.241 e. The topological polar surface area (TPSA) is 101 Å². The number of imidazole rings is 1. The van der Waals surface area contributed by atoms with Crippen LogP contribution in [0.2, 0.25) is 0 Å². The van der Waals surface area contributed by atoms with Gasteiger partial charge in [0.05, 0.1) is 10.9 Å². The number of benzene rings is 1. The molecule has 4 N–H and O–H groups in total. The maximum atomic E-state index is 13.4. The van der Waals surface area contributed by atoms with E-state index in [0.717, 1.165) is 6.07 Å². The second-order valence-electron chi connectivity index (χ2n) is 4.51. The first kappa shape index (κ1) is 15.6. The van der Waals surface area contributed by atoms with Crippen LogP contribution in [0.1, 0.15) is 30.8 Å². The second-order valence-corrected chi connectivity index (χ2v) is 6.23. The van der Waals surface area contributed by atoms with Crippen molar-refractivity contribution in [3.05, 3.63) is 47.8 Å². The second kappa shape index (κ2) is 6.33.